The first kappa shape index (κ1) is 17.1. The second kappa shape index (κ2) is 7.76. The van der Waals surface area contributed by atoms with Gasteiger partial charge >= 0.3 is 0 Å². The summed E-state index contributed by atoms with van der Waals surface area (Å²) in [6.07, 6.45) is 1.15. The van der Waals surface area contributed by atoms with Gasteiger partial charge in [-0.3, -0.25) is 14.9 Å². The highest BCUT2D eigenvalue weighted by Gasteiger charge is 2.16. The minimum atomic E-state index is -0.318. The van der Waals surface area contributed by atoms with Crippen molar-refractivity contribution in [2.45, 2.75) is 45.6 Å². The topological polar surface area (TPSA) is 49.4 Å². The number of hydrogen-bond acceptors (Lipinski definition) is 3. The monoisotopic (exact) mass is 294 g/mol. The van der Waals surface area contributed by atoms with Crippen molar-refractivity contribution in [1.29, 1.82) is 0 Å². The Kier molecular flexibility index (Phi) is 6.34. The van der Waals surface area contributed by atoms with Crippen LogP contribution in [0.4, 0.5) is 10.1 Å². The third-order valence-electron chi connectivity index (χ3n) is 3.69. The van der Waals surface area contributed by atoms with Crippen LogP contribution >= 0.6 is 0 Å². The SMILES string of the molecule is CC(C)c1ccc(F)c(N(C)C(C)CCC(=O)NC=O)c1. The van der Waals surface area contributed by atoms with E-state index in [1.54, 1.807) is 6.07 Å². The van der Waals surface area contributed by atoms with Gasteiger partial charge in [0.25, 0.3) is 0 Å². The molecule has 4 nitrogen and oxygen atoms in total. The lowest BCUT2D eigenvalue weighted by molar-refractivity contribution is -0.125. The molecule has 0 saturated heterocycles. The molecule has 5 heteroatoms. The Balaban J connectivity index is 2.77. The van der Waals surface area contributed by atoms with Gasteiger partial charge in [-0.15, -0.1) is 0 Å². The molecule has 0 fully saturated rings. The van der Waals surface area contributed by atoms with Gasteiger partial charge in [0.2, 0.25) is 12.3 Å². The summed E-state index contributed by atoms with van der Waals surface area (Å²) in [5.74, 6) is -0.265. The molecule has 0 aliphatic heterocycles. The predicted octanol–water partition coefficient (Wildman–Crippen LogP) is 2.83. The lowest BCUT2D eigenvalue weighted by Gasteiger charge is -2.28. The van der Waals surface area contributed by atoms with E-state index < -0.39 is 0 Å². The molecule has 1 aromatic rings. The van der Waals surface area contributed by atoms with Crippen molar-refractivity contribution in [3.8, 4) is 0 Å². The number of hydrogen-bond donors (Lipinski definition) is 1. The van der Waals surface area contributed by atoms with Crippen LogP contribution in [0.5, 0.6) is 0 Å². The second-order valence-electron chi connectivity index (χ2n) is 5.55. The maximum atomic E-state index is 14.0. The molecular weight excluding hydrogens is 271 g/mol. The van der Waals surface area contributed by atoms with Gasteiger partial charge in [-0.25, -0.2) is 4.39 Å². The van der Waals surface area contributed by atoms with Gasteiger partial charge in [0.15, 0.2) is 0 Å². The van der Waals surface area contributed by atoms with E-state index in [9.17, 15) is 14.0 Å². The molecule has 1 aromatic carbocycles. The fraction of sp³-hybridized carbons (Fsp3) is 0.500. The van der Waals surface area contributed by atoms with Crippen molar-refractivity contribution in [3.63, 3.8) is 0 Å². The number of carbonyl (C=O) groups excluding carboxylic acids is 2. The Morgan fingerprint density at radius 1 is 1.38 bits per heavy atom. The zero-order valence-corrected chi connectivity index (χ0v) is 13.0. The molecule has 0 aromatic heterocycles. The summed E-state index contributed by atoms with van der Waals surface area (Å²) in [5, 5.41) is 2.10. The van der Waals surface area contributed by atoms with Crippen LogP contribution in [0.1, 0.15) is 45.1 Å². The number of nitrogens with zero attached hydrogens (tertiary/aromatic N) is 1. The van der Waals surface area contributed by atoms with Crippen LogP contribution in [0.25, 0.3) is 0 Å². The fourth-order valence-corrected chi connectivity index (χ4v) is 2.07. The van der Waals surface area contributed by atoms with Gasteiger partial charge in [-0.2, -0.15) is 0 Å². The summed E-state index contributed by atoms with van der Waals surface area (Å²) in [5.41, 5.74) is 1.61. The molecule has 1 unspecified atom stereocenters. The first-order valence-corrected chi connectivity index (χ1v) is 7.12. The van der Waals surface area contributed by atoms with Crippen LogP contribution in [0.15, 0.2) is 18.2 Å². The number of anilines is 1. The summed E-state index contributed by atoms with van der Waals surface area (Å²) in [4.78, 5) is 23.3. The zero-order valence-electron chi connectivity index (χ0n) is 13.0. The van der Waals surface area contributed by atoms with Crippen LogP contribution in [-0.2, 0) is 9.59 Å². The van der Waals surface area contributed by atoms with Crippen LogP contribution in [0.3, 0.4) is 0 Å². The first-order valence-electron chi connectivity index (χ1n) is 7.12. The van der Waals surface area contributed by atoms with Crippen molar-refractivity contribution in [1.82, 2.24) is 5.32 Å². The standard InChI is InChI=1S/C16H23FN2O2/c1-11(2)13-6-7-14(17)15(9-13)19(4)12(3)5-8-16(21)18-10-20/h6-7,9-12H,5,8H2,1-4H3,(H,18,20,21). The summed E-state index contributed by atoms with van der Waals surface area (Å²) in [6, 6.07) is 5.11. The molecule has 21 heavy (non-hydrogen) atoms. The number of rotatable bonds is 7. The molecule has 0 bridgehead atoms. The van der Waals surface area contributed by atoms with Gasteiger partial charge < -0.3 is 4.90 Å². The number of amides is 2. The van der Waals surface area contributed by atoms with E-state index in [1.165, 1.54) is 6.07 Å². The summed E-state index contributed by atoms with van der Waals surface area (Å²) in [6.45, 7) is 6.05. The minimum Gasteiger partial charge on any atom is -0.370 e. The smallest absolute Gasteiger partial charge is 0.226 e. The fourth-order valence-electron chi connectivity index (χ4n) is 2.07. The molecule has 0 aliphatic carbocycles. The Hall–Kier alpha value is -1.91. The number of nitrogens with one attached hydrogen (secondary N) is 1. The van der Waals surface area contributed by atoms with Crippen molar-refractivity contribution in [2.24, 2.45) is 0 Å². The van der Waals surface area contributed by atoms with Gasteiger partial charge in [0.1, 0.15) is 5.82 Å². The van der Waals surface area contributed by atoms with Crippen LogP contribution in [-0.4, -0.2) is 25.4 Å². The molecule has 1 rings (SSSR count). The van der Waals surface area contributed by atoms with Crippen LogP contribution < -0.4 is 10.2 Å². The molecular formula is C16H23FN2O2. The third kappa shape index (κ3) is 4.85. The van der Waals surface area contributed by atoms with E-state index in [4.69, 9.17) is 0 Å². The number of benzene rings is 1. The largest absolute Gasteiger partial charge is 0.370 e. The highest BCUT2D eigenvalue weighted by Crippen LogP contribution is 2.26. The second-order valence-corrected chi connectivity index (χ2v) is 5.55. The Morgan fingerprint density at radius 2 is 2.05 bits per heavy atom. The van der Waals surface area contributed by atoms with Crippen molar-refractivity contribution < 1.29 is 14.0 Å². The van der Waals surface area contributed by atoms with E-state index >= 15 is 0 Å². The van der Waals surface area contributed by atoms with E-state index in [-0.39, 0.29) is 24.2 Å². The summed E-state index contributed by atoms with van der Waals surface area (Å²) >= 11 is 0. The van der Waals surface area contributed by atoms with Crippen molar-refractivity contribution in [3.05, 3.63) is 29.6 Å². The Morgan fingerprint density at radius 3 is 2.62 bits per heavy atom. The number of carbonyl (C=O) groups is 2. The van der Waals surface area contributed by atoms with E-state index in [2.05, 4.69) is 19.2 Å². The van der Waals surface area contributed by atoms with Gasteiger partial charge in [0, 0.05) is 19.5 Å². The average molecular weight is 294 g/mol. The molecule has 0 heterocycles. The van der Waals surface area contributed by atoms with Crippen molar-refractivity contribution in [2.75, 3.05) is 11.9 Å². The maximum absolute atomic E-state index is 14.0. The van der Waals surface area contributed by atoms with Crippen LogP contribution in [0, 0.1) is 5.82 Å². The van der Waals surface area contributed by atoms with E-state index in [0.717, 1.165) is 5.56 Å². The lowest BCUT2D eigenvalue weighted by Crippen LogP contribution is -2.31. The molecule has 0 saturated carbocycles. The molecule has 1 atom stereocenters. The molecule has 1 N–H and O–H groups in total. The molecule has 116 valence electrons. The Bertz CT molecular complexity index is 503. The normalized spacial score (nSPS) is 12.1. The van der Waals surface area contributed by atoms with Crippen molar-refractivity contribution >= 4 is 18.0 Å². The first-order chi connectivity index (χ1) is 9.86. The van der Waals surface area contributed by atoms with Gasteiger partial charge in [-0.05, 0) is 37.0 Å². The minimum absolute atomic E-state index is 0.0145. The highest BCUT2D eigenvalue weighted by atomic mass is 19.1. The zero-order chi connectivity index (χ0) is 16.0. The summed E-state index contributed by atoms with van der Waals surface area (Å²) < 4.78 is 14.0. The number of halogens is 1. The molecule has 0 spiro atoms. The van der Waals surface area contributed by atoms with Gasteiger partial charge in [-0.1, -0.05) is 19.9 Å². The van der Waals surface area contributed by atoms with E-state index in [1.807, 2.05) is 24.9 Å². The maximum Gasteiger partial charge on any atom is 0.226 e. The number of imide groups is 1. The van der Waals surface area contributed by atoms with Crippen LogP contribution in [0.2, 0.25) is 0 Å². The molecule has 0 radical (unpaired) electrons. The predicted molar refractivity (Wildman–Crippen MR) is 81.8 cm³/mol. The highest BCUT2D eigenvalue weighted by molar-refractivity contribution is 5.85. The van der Waals surface area contributed by atoms with E-state index in [0.29, 0.717) is 24.4 Å². The average Bonchev–Trinajstić information content (AvgIpc) is 2.44. The lowest BCUT2D eigenvalue weighted by atomic mass is 10.0. The molecule has 2 amide bonds. The Labute approximate surface area is 125 Å². The quantitative estimate of drug-likeness (QED) is 0.787. The summed E-state index contributed by atoms with van der Waals surface area (Å²) in [7, 11) is 1.81. The van der Waals surface area contributed by atoms with Gasteiger partial charge in [0.05, 0.1) is 5.69 Å². The molecule has 0 aliphatic rings. The third-order valence-corrected chi connectivity index (χ3v) is 3.69.